The number of nitrogens with two attached hydrogens (primary N) is 1. The molecule has 3 rings (SSSR count). The number of hydrogen-bond acceptors (Lipinski definition) is 6. The maximum atomic E-state index is 5.86. The van der Waals surface area contributed by atoms with E-state index in [9.17, 15) is 0 Å². The molecule has 0 aliphatic heterocycles. The van der Waals surface area contributed by atoms with Crippen molar-refractivity contribution in [1.82, 2.24) is 10.1 Å². The molecule has 3 aromatic rings. The number of oxazole rings is 1. The maximum Gasteiger partial charge on any atom is 0.298 e. The van der Waals surface area contributed by atoms with Gasteiger partial charge in [-0.3, -0.25) is 0 Å². The van der Waals surface area contributed by atoms with E-state index in [1.54, 1.807) is 6.07 Å². The molecule has 98 valence electrons. The van der Waals surface area contributed by atoms with Crippen LogP contribution in [0.4, 0.5) is 11.7 Å². The van der Waals surface area contributed by atoms with Crippen LogP contribution in [0.25, 0.3) is 11.1 Å². The fourth-order valence-electron chi connectivity index (χ4n) is 1.92. The Morgan fingerprint density at radius 3 is 2.89 bits per heavy atom. The van der Waals surface area contributed by atoms with Crippen LogP contribution in [-0.4, -0.2) is 17.2 Å². The second-order valence-electron chi connectivity index (χ2n) is 4.48. The summed E-state index contributed by atoms with van der Waals surface area (Å²) in [6.07, 6.45) is 0. The van der Waals surface area contributed by atoms with E-state index in [4.69, 9.17) is 14.7 Å². The summed E-state index contributed by atoms with van der Waals surface area (Å²) in [5, 5.41) is 3.94. The summed E-state index contributed by atoms with van der Waals surface area (Å²) in [7, 11) is 1.88. The molecule has 0 aliphatic carbocycles. The zero-order valence-corrected chi connectivity index (χ0v) is 10.8. The first-order chi connectivity index (χ1) is 9.13. The van der Waals surface area contributed by atoms with Crippen molar-refractivity contribution in [3.8, 4) is 0 Å². The van der Waals surface area contributed by atoms with Crippen molar-refractivity contribution < 1.29 is 8.94 Å². The molecule has 0 spiro atoms. The van der Waals surface area contributed by atoms with Crippen LogP contribution in [0.1, 0.15) is 11.5 Å². The Hall–Kier alpha value is -2.50. The van der Waals surface area contributed by atoms with Gasteiger partial charge in [0.2, 0.25) is 0 Å². The van der Waals surface area contributed by atoms with Crippen LogP contribution in [0.3, 0.4) is 0 Å². The predicted octanol–water partition coefficient (Wildman–Crippen LogP) is 2.34. The molecule has 2 aromatic heterocycles. The van der Waals surface area contributed by atoms with Gasteiger partial charge in [0.15, 0.2) is 5.58 Å². The lowest BCUT2D eigenvalue weighted by Crippen LogP contribution is -2.16. The second-order valence-corrected chi connectivity index (χ2v) is 4.48. The lowest BCUT2D eigenvalue weighted by Gasteiger charge is -2.11. The van der Waals surface area contributed by atoms with Crippen LogP contribution < -0.4 is 10.6 Å². The van der Waals surface area contributed by atoms with Crippen molar-refractivity contribution in [2.45, 2.75) is 13.5 Å². The summed E-state index contributed by atoms with van der Waals surface area (Å²) in [4.78, 5) is 6.25. The van der Waals surface area contributed by atoms with E-state index in [0.717, 1.165) is 11.5 Å². The average molecular weight is 258 g/mol. The zero-order chi connectivity index (χ0) is 13.4. The van der Waals surface area contributed by atoms with Gasteiger partial charge in [-0.25, -0.2) is 0 Å². The van der Waals surface area contributed by atoms with Crippen LogP contribution in [0.5, 0.6) is 0 Å². The molecular formula is C13H14N4O2. The second kappa shape index (κ2) is 4.31. The van der Waals surface area contributed by atoms with Crippen LogP contribution >= 0.6 is 0 Å². The standard InChI is InChI=1S/C13H14N4O2/c1-8-6-9(16-19-8)7-17(2)13-15-12-10(14)4-3-5-11(12)18-13/h3-6H,7,14H2,1-2H3. The lowest BCUT2D eigenvalue weighted by atomic mass is 10.3. The number of benzene rings is 1. The predicted molar refractivity (Wildman–Crippen MR) is 71.8 cm³/mol. The topological polar surface area (TPSA) is 81.3 Å². The molecule has 0 unspecified atom stereocenters. The molecule has 0 amide bonds. The van der Waals surface area contributed by atoms with E-state index in [-0.39, 0.29) is 0 Å². The summed E-state index contributed by atoms with van der Waals surface area (Å²) < 4.78 is 10.7. The Morgan fingerprint density at radius 2 is 2.21 bits per heavy atom. The largest absolute Gasteiger partial charge is 0.423 e. The Morgan fingerprint density at radius 1 is 1.37 bits per heavy atom. The van der Waals surface area contributed by atoms with E-state index in [1.807, 2.05) is 37.1 Å². The van der Waals surface area contributed by atoms with Gasteiger partial charge in [-0.15, -0.1) is 0 Å². The molecule has 0 atom stereocenters. The SMILES string of the molecule is Cc1cc(CN(C)c2nc3c(N)cccc3o2)no1. The van der Waals surface area contributed by atoms with Crippen LogP contribution in [0.2, 0.25) is 0 Å². The summed E-state index contributed by atoms with van der Waals surface area (Å²) >= 11 is 0. The summed E-state index contributed by atoms with van der Waals surface area (Å²) in [5.74, 6) is 0.783. The van der Waals surface area contributed by atoms with Crippen LogP contribution in [-0.2, 0) is 6.54 Å². The van der Waals surface area contributed by atoms with Crippen molar-refractivity contribution in [2.75, 3.05) is 17.7 Å². The smallest absolute Gasteiger partial charge is 0.298 e. The number of rotatable bonds is 3. The molecular weight excluding hydrogens is 244 g/mol. The van der Waals surface area contributed by atoms with Crippen molar-refractivity contribution in [3.05, 3.63) is 35.7 Å². The van der Waals surface area contributed by atoms with Gasteiger partial charge in [-0.2, -0.15) is 4.98 Å². The Kier molecular flexibility index (Phi) is 2.63. The molecule has 0 radical (unpaired) electrons. The number of nitrogen functional groups attached to an aromatic ring is 1. The van der Waals surface area contributed by atoms with Crippen molar-refractivity contribution in [1.29, 1.82) is 0 Å². The van der Waals surface area contributed by atoms with E-state index < -0.39 is 0 Å². The van der Waals surface area contributed by atoms with Gasteiger partial charge in [0, 0.05) is 13.1 Å². The van der Waals surface area contributed by atoms with Gasteiger partial charge in [-0.1, -0.05) is 11.2 Å². The van der Waals surface area contributed by atoms with Crippen molar-refractivity contribution >= 4 is 22.8 Å². The molecule has 6 nitrogen and oxygen atoms in total. The van der Waals surface area contributed by atoms with Gasteiger partial charge in [0.25, 0.3) is 6.01 Å². The molecule has 0 fully saturated rings. The molecule has 0 saturated carbocycles. The molecule has 2 heterocycles. The molecule has 0 aliphatic rings. The minimum absolute atomic E-state index is 0.508. The van der Waals surface area contributed by atoms with E-state index in [2.05, 4.69) is 10.1 Å². The molecule has 19 heavy (non-hydrogen) atoms. The van der Waals surface area contributed by atoms with Crippen LogP contribution in [0.15, 0.2) is 33.2 Å². The molecule has 0 bridgehead atoms. The first-order valence-corrected chi connectivity index (χ1v) is 5.92. The number of para-hydroxylation sites is 1. The van der Waals surface area contributed by atoms with Gasteiger partial charge in [-0.05, 0) is 19.1 Å². The highest BCUT2D eigenvalue weighted by molar-refractivity contribution is 5.86. The third-order valence-corrected chi connectivity index (χ3v) is 2.84. The number of hydrogen-bond donors (Lipinski definition) is 1. The third kappa shape index (κ3) is 2.12. The van der Waals surface area contributed by atoms with Crippen molar-refractivity contribution in [2.24, 2.45) is 0 Å². The first kappa shape index (κ1) is 11.6. The molecule has 0 saturated heterocycles. The van der Waals surface area contributed by atoms with Gasteiger partial charge in [0.05, 0.1) is 12.2 Å². The fourth-order valence-corrected chi connectivity index (χ4v) is 1.92. The van der Waals surface area contributed by atoms with E-state index in [1.165, 1.54) is 0 Å². The number of fused-ring (bicyclic) bond motifs is 1. The summed E-state index contributed by atoms with van der Waals surface area (Å²) in [6.45, 7) is 2.42. The molecule has 6 heteroatoms. The minimum atomic E-state index is 0.508. The summed E-state index contributed by atoms with van der Waals surface area (Å²) in [6, 6.07) is 7.88. The first-order valence-electron chi connectivity index (χ1n) is 5.92. The maximum absolute atomic E-state index is 5.86. The van der Waals surface area contributed by atoms with Gasteiger partial charge in [0.1, 0.15) is 17.0 Å². The highest BCUT2D eigenvalue weighted by Crippen LogP contribution is 2.25. The Balaban J connectivity index is 1.89. The number of anilines is 2. The summed E-state index contributed by atoms with van der Waals surface area (Å²) in [5.41, 5.74) is 8.66. The van der Waals surface area contributed by atoms with Crippen molar-refractivity contribution in [3.63, 3.8) is 0 Å². The number of nitrogens with zero attached hydrogens (tertiary/aromatic N) is 3. The zero-order valence-electron chi connectivity index (χ0n) is 10.8. The molecule has 1 aromatic carbocycles. The van der Waals surface area contributed by atoms with E-state index >= 15 is 0 Å². The number of aromatic nitrogens is 2. The van der Waals surface area contributed by atoms with Gasteiger partial charge < -0.3 is 19.6 Å². The molecule has 2 N–H and O–H groups in total. The lowest BCUT2D eigenvalue weighted by molar-refractivity contribution is 0.390. The fraction of sp³-hybridized carbons (Fsp3) is 0.231. The Bertz CT molecular complexity index is 716. The highest BCUT2D eigenvalue weighted by Gasteiger charge is 2.13. The third-order valence-electron chi connectivity index (χ3n) is 2.84. The quantitative estimate of drug-likeness (QED) is 0.726. The number of aryl methyl sites for hydroxylation is 1. The minimum Gasteiger partial charge on any atom is -0.423 e. The monoisotopic (exact) mass is 258 g/mol. The normalized spacial score (nSPS) is 11.1. The van der Waals surface area contributed by atoms with Gasteiger partial charge >= 0.3 is 0 Å². The Labute approximate surface area is 109 Å². The van der Waals surface area contributed by atoms with Crippen LogP contribution in [0, 0.1) is 6.92 Å². The highest BCUT2D eigenvalue weighted by atomic mass is 16.5. The van der Waals surface area contributed by atoms with E-state index in [0.29, 0.717) is 29.3 Å². The average Bonchev–Trinajstić information content (AvgIpc) is 2.96.